The highest BCUT2D eigenvalue weighted by Crippen LogP contribution is 2.35. The average molecular weight is 264 g/mol. The van der Waals surface area contributed by atoms with Crippen molar-refractivity contribution in [2.24, 2.45) is 0 Å². The molecule has 0 atom stereocenters. The molecule has 0 saturated carbocycles. The van der Waals surface area contributed by atoms with Crippen molar-refractivity contribution in [3.63, 3.8) is 0 Å². The molecular weight excluding hydrogens is 254 g/mol. The number of furan rings is 1. The van der Waals surface area contributed by atoms with E-state index in [0.29, 0.717) is 5.22 Å². The lowest BCUT2D eigenvalue weighted by molar-refractivity contribution is 0.570. The lowest BCUT2D eigenvalue weighted by Gasteiger charge is -1.96. The second-order valence-corrected chi connectivity index (χ2v) is 5.41. The van der Waals surface area contributed by atoms with Crippen LogP contribution in [-0.2, 0) is 0 Å². The van der Waals surface area contributed by atoms with Gasteiger partial charge in [-0.25, -0.2) is 4.98 Å². The molecule has 0 N–H and O–H groups in total. The van der Waals surface area contributed by atoms with Crippen LogP contribution in [0.1, 0.15) is 11.1 Å². The Balaban J connectivity index is 2.26. The van der Waals surface area contributed by atoms with Crippen molar-refractivity contribution in [3.05, 3.63) is 40.8 Å². The molecule has 0 fully saturated rings. The predicted octanol–water partition coefficient (Wildman–Crippen LogP) is 4.83. The third-order valence-corrected chi connectivity index (χ3v) is 4.19. The second kappa shape index (κ2) is 3.86. The monoisotopic (exact) mass is 263 g/mol. The van der Waals surface area contributed by atoms with Crippen LogP contribution in [0.5, 0.6) is 0 Å². The first-order valence-electron chi connectivity index (χ1n) is 5.26. The number of nitrogens with zero attached hydrogens (tertiary/aromatic N) is 1. The number of benzene rings is 1. The fourth-order valence-electron chi connectivity index (χ4n) is 1.80. The van der Waals surface area contributed by atoms with Gasteiger partial charge in [0.05, 0.1) is 15.8 Å². The highest BCUT2D eigenvalue weighted by Gasteiger charge is 2.11. The molecule has 1 aromatic carbocycles. The Hall–Kier alpha value is -1.32. The van der Waals surface area contributed by atoms with Gasteiger partial charge in [0.1, 0.15) is 11.3 Å². The molecule has 0 spiro atoms. The molecule has 2 heterocycles. The zero-order valence-electron chi connectivity index (χ0n) is 9.45. The highest BCUT2D eigenvalue weighted by molar-refractivity contribution is 7.21. The first-order valence-corrected chi connectivity index (χ1v) is 6.46. The number of thiazole rings is 1. The van der Waals surface area contributed by atoms with Crippen molar-refractivity contribution in [2.75, 3.05) is 0 Å². The summed E-state index contributed by atoms with van der Waals surface area (Å²) >= 11 is 7.46. The van der Waals surface area contributed by atoms with E-state index in [-0.39, 0.29) is 0 Å². The molecule has 17 heavy (non-hydrogen) atoms. The summed E-state index contributed by atoms with van der Waals surface area (Å²) in [5, 5.41) is 1.35. The number of hydrogen-bond donors (Lipinski definition) is 0. The third-order valence-electron chi connectivity index (χ3n) is 2.76. The van der Waals surface area contributed by atoms with Crippen LogP contribution in [0, 0.1) is 13.8 Å². The molecule has 0 radical (unpaired) electrons. The fourth-order valence-corrected chi connectivity index (χ4v) is 3.05. The van der Waals surface area contributed by atoms with Crippen molar-refractivity contribution < 1.29 is 4.42 Å². The van der Waals surface area contributed by atoms with Crippen LogP contribution in [0.3, 0.4) is 0 Å². The van der Waals surface area contributed by atoms with E-state index < -0.39 is 0 Å². The Bertz CT molecular complexity index is 660. The second-order valence-electron chi connectivity index (χ2n) is 4.04. The molecule has 2 nitrogen and oxygen atoms in total. The van der Waals surface area contributed by atoms with Gasteiger partial charge in [0.2, 0.25) is 0 Å². The number of hydrogen-bond acceptors (Lipinski definition) is 3. The standard InChI is InChI=1S/C13H10ClNOS/c1-7-3-4-8(2)12-11(7)15-13(17-12)9-5-10(14)16-6-9/h3-6H,1-2H3. The van der Waals surface area contributed by atoms with Gasteiger partial charge >= 0.3 is 0 Å². The molecular formula is C13H10ClNOS. The Kier molecular flexibility index (Phi) is 2.45. The Morgan fingerprint density at radius 1 is 1.24 bits per heavy atom. The predicted molar refractivity (Wildman–Crippen MR) is 71.8 cm³/mol. The molecule has 3 aromatic rings. The molecule has 0 aliphatic rings. The maximum absolute atomic E-state index is 5.78. The minimum atomic E-state index is 0.396. The quantitative estimate of drug-likeness (QED) is 0.629. The number of fused-ring (bicyclic) bond motifs is 1. The van der Waals surface area contributed by atoms with Gasteiger partial charge < -0.3 is 4.42 Å². The first kappa shape index (κ1) is 10.8. The van der Waals surface area contributed by atoms with E-state index in [0.717, 1.165) is 16.1 Å². The van der Waals surface area contributed by atoms with Crippen LogP contribution in [0.25, 0.3) is 20.8 Å². The van der Waals surface area contributed by atoms with Gasteiger partial charge in [-0.05, 0) is 36.6 Å². The van der Waals surface area contributed by atoms with E-state index >= 15 is 0 Å². The summed E-state index contributed by atoms with van der Waals surface area (Å²) in [6, 6.07) is 6.02. The molecule has 4 heteroatoms. The van der Waals surface area contributed by atoms with Gasteiger partial charge in [-0.1, -0.05) is 12.1 Å². The minimum absolute atomic E-state index is 0.396. The van der Waals surface area contributed by atoms with Gasteiger partial charge in [-0.2, -0.15) is 0 Å². The molecule has 0 unspecified atom stereocenters. The summed E-state index contributed by atoms with van der Waals surface area (Å²) in [4.78, 5) is 4.66. The van der Waals surface area contributed by atoms with Crippen LogP contribution in [0.15, 0.2) is 28.9 Å². The smallest absolute Gasteiger partial charge is 0.193 e. The van der Waals surface area contributed by atoms with Crippen molar-refractivity contribution in [1.29, 1.82) is 0 Å². The minimum Gasteiger partial charge on any atom is -0.452 e. The van der Waals surface area contributed by atoms with E-state index in [4.69, 9.17) is 16.0 Å². The van der Waals surface area contributed by atoms with Crippen molar-refractivity contribution >= 4 is 33.2 Å². The maximum Gasteiger partial charge on any atom is 0.193 e. The third kappa shape index (κ3) is 1.75. The molecule has 0 aliphatic carbocycles. The summed E-state index contributed by atoms with van der Waals surface area (Å²) in [6.45, 7) is 4.18. The molecule has 0 bridgehead atoms. The van der Waals surface area contributed by atoms with Gasteiger partial charge in [-0.15, -0.1) is 11.3 Å². The van der Waals surface area contributed by atoms with Crippen LogP contribution in [-0.4, -0.2) is 4.98 Å². The number of rotatable bonds is 1. The van der Waals surface area contributed by atoms with Crippen LogP contribution in [0.4, 0.5) is 0 Å². The van der Waals surface area contributed by atoms with E-state index in [1.807, 2.05) is 0 Å². The average Bonchev–Trinajstić information content (AvgIpc) is 2.90. The lowest BCUT2D eigenvalue weighted by atomic mass is 10.1. The fraction of sp³-hybridized carbons (Fsp3) is 0.154. The topological polar surface area (TPSA) is 26.0 Å². The van der Waals surface area contributed by atoms with E-state index in [1.54, 1.807) is 23.7 Å². The van der Waals surface area contributed by atoms with E-state index in [2.05, 4.69) is 31.0 Å². The molecule has 0 amide bonds. The van der Waals surface area contributed by atoms with Crippen LogP contribution in [0.2, 0.25) is 5.22 Å². The zero-order chi connectivity index (χ0) is 12.0. The van der Waals surface area contributed by atoms with Gasteiger partial charge in [0.15, 0.2) is 5.22 Å². The van der Waals surface area contributed by atoms with Crippen molar-refractivity contribution in [2.45, 2.75) is 13.8 Å². The largest absolute Gasteiger partial charge is 0.452 e. The summed E-state index contributed by atoms with van der Waals surface area (Å²) in [6.07, 6.45) is 1.64. The van der Waals surface area contributed by atoms with E-state index in [9.17, 15) is 0 Å². The molecule has 3 rings (SSSR count). The molecule has 2 aromatic heterocycles. The lowest BCUT2D eigenvalue weighted by Crippen LogP contribution is -1.78. The summed E-state index contributed by atoms with van der Waals surface area (Å²) in [5.74, 6) is 0. The van der Waals surface area contributed by atoms with Crippen molar-refractivity contribution in [1.82, 2.24) is 4.98 Å². The van der Waals surface area contributed by atoms with Crippen LogP contribution < -0.4 is 0 Å². The number of aromatic nitrogens is 1. The zero-order valence-corrected chi connectivity index (χ0v) is 11.0. The van der Waals surface area contributed by atoms with Gasteiger partial charge in [-0.3, -0.25) is 0 Å². The number of aryl methyl sites for hydroxylation is 2. The Morgan fingerprint density at radius 3 is 2.65 bits per heavy atom. The summed E-state index contributed by atoms with van der Waals surface area (Å²) in [7, 11) is 0. The Morgan fingerprint density at radius 2 is 2.00 bits per heavy atom. The van der Waals surface area contributed by atoms with Crippen molar-refractivity contribution in [3.8, 4) is 10.6 Å². The van der Waals surface area contributed by atoms with E-state index in [1.165, 1.54) is 15.8 Å². The summed E-state index contributed by atoms with van der Waals surface area (Å²) in [5.41, 5.74) is 4.46. The maximum atomic E-state index is 5.78. The number of halogens is 1. The van der Waals surface area contributed by atoms with Gasteiger partial charge in [0.25, 0.3) is 0 Å². The first-order chi connectivity index (χ1) is 8.15. The highest BCUT2D eigenvalue weighted by atomic mass is 35.5. The van der Waals surface area contributed by atoms with Gasteiger partial charge in [0, 0.05) is 6.07 Å². The molecule has 0 aliphatic heterocycles. The van der Waals surface area contributed by atoms with Crippen LogP contribution >= 0.6 is 22.9 Å². The summed E-state index contributed by atoms with van der Waals surface area (Å²) < 4.78 is 6.34. The SMILES string of the molecule is Cc1ccc(C)c2sc(-c3coc(Cl)c3)nc12. The molecule has 0 saturated heterocycles. The normalized spacial score (nSPS) is 11.2. The Labute approximate surface area is 108 Å². The molecule has 86 valence electrons.